The SMILES string of the molecule is COc1cc([C@@H]2Oc3ccc([C@H]4Oc5cc(O)cc(O)c5C(=O)[C@@H]4O)cc3O[C@@H]2CO)ccc1O. The topological polar surface area (TPSA) is 155 Å². The molecule has 0 spiro atoms. The number of hydrogen-bond donors (Lipinski definition) is 5. The average Bonchev–Trinajstić information content (AvgIpc) is 2.85. The van der Waals surface area contributed by atoms with Crippen molar-refractivity contribution in [2.45, 2.75) is 24.4 Å². The van der Waals surface area contributed by atoms with Gasteiger partial charge in [0.15, 0.2) is 47.4 Å². The molecule has 35 heavy (non-hydrogen) atoms. The van der Waals surface area contributed by atoms with E-state index in [1.807, 2.05) is 0 Å². The van der Waals surface area contributed by atoms with Crippen LogP contribution in [0.2, 0.25) is 0 Å². The minimum absolute atomic E-state index is 0.0395. The van der Waals surface area contributed by atoms with Crippen molar-refractivity contribution < 1.29 is 49.3 Å². The molecule has 0 saturated heterocycles. The minimum atomic E-state index is -1.62. The van der Waals surface area contributed by atoms with E-state index in [0.717, 1.165) is 6.07 Å². The molecular weight excluding hydrogens is 460 g/mol. The summed E-state index contributed by atoms with van der Waals surface area (Å²) >= 11 is 0. The first kappa shape index (κ1) is 22.6. The highest BCUT2D eigenvalue weighted by Gasteiger charge is 2.40. The summed E-state index contributed by atoms with van der Waals surface area (Å²) in [6.45, 7) is -0.384. The normalized spacial score (nSPS) is 22.8. The zero-order chi connectivity index (χ0) is 24.9. The van der Waals surface area contributed by atoms with Crippen molar-refractivity contribution in [3.05, 3.63) is 65.2 Å². The summed E-state index contributed by atoms with van der Waals surface area (Å²) in [5.74, 6) is -0.789. The monoisotopic (exact) mass is 482 g/mol. The van der Waals surface area contributed by atoms with Gasteiger partial charge in [-0.3, -0.25) is 4.79 Å². The Morgan fingerprint density at radius 1 is 0.829 bits per heavy atom. The molecule has 0 saturated carbocycles. The van der Waals surface area contributed by atoms with Crippen LogP contribution in [0.1, 0.15) is 33.7 Å². The van der Waals surface area contributed by atoms with Crippen molar-refractivity contribution in [2.24, 2.45) is 0 Å². The zero-order valence-corrected chi connectivity index (χ0v) is 18.4. The van der Waals surface area contributed by atoms with Crippen LogP contribution < -0.4 is 18.9 Å². The molecule has 3 aromatic carbocycles. The number of carbonyl (C=O) groups excluding carboxylic acids is 1. The van der Waals surface area contributed by atoms with Gasteiger partial charge in [0.1, 0.15) is 22.8 Å². The van der Waals surface area contributed by atoms with Crippen LogP contribution in [0.25, 0.3) is 0 Å². The molecule has 10 nitrogen and oxygen atoms in total. The lowest BCUT2D eigenvalue weighted by Gasteiger charge is -2.35. The second-order valence-corrected chi connectivity index (χ2v) is 8.20. The Hall–Kier alpha value is -4.15. The average molecular weight is 482 g/mol. The Morgan fingerprint density at radius 3 is 2.29 bits per heavy atom. The Kier molecular flexibility index (Phi) is 5.54. The quantitative estimate of drug-likeness (QED) is 0.374. The first-order chi connectivity index (χ1) is 16.8. The number of aromatic hydroxyl groups is 3. The zero-order valence-electron chi connectivity index (χ0n) is 18.4. The second kappa shape index (κ2) is 8.57. The van der Waals surface area contributed by atoms with Crippen molar-refractivity contribution >= 4 is 5.78 Å². The van der Waals surface area contributed by atoms with E-state index in [4.69, 9.17) is 18.9 Å². The molecule has 5 N–H and O–H groups in total. The maximum absolute atomic E-state index is 12.7. The van der Waals surface area contributed by atoms with Gasteiger partial charge in [-0.25, -0.2) is 0 Å². The summed E-state index contributed by atoms with van der Waals surface area (Å²) < 4.78 is 23.0. The highest BCUT2D eigenvalue weighted by Crippen LogP contribution is 2.45. The molecule has 182 valence electrons. The number of methoxy groups -OCH3 is 1. The first-order valence-electron chi connectivity index (χ1n) is 10.7. The lowest BCUT2D eigenvalue weighted by atomic mass is 9.92. The highest BCUT2D eigenvalue weighted by atomic mass is 16.6. The van der Waals surface area contributed by atoms with Crippen molar-refractivity contribution in [2.75, 3.05) is 13.7 Å². The second-order valence-electron chi connectivity index (χ2n) is 8.20. The summed E-state index contributed by atoms with van der Waals surface area (Å²) in [5.41, 5.74) is 0.779. The van der Waals surface area contributed by atoms with Crippen molar-refractivity contribution in [3.8, 4) is 40.2 Å². The van der Waals surface area contributed by atoms with Crippen LogP contribution in [0.4, 0.5) is 0 Å². The lowest BCUT2D eigenvalue weighted by Crippen LogP contribution is -2.37. The predicted molar refractivity (Wildman–Crippen MR) is 119 cm³/mol. The Morgan fingerprint density at radius 2 is 1.54 bits per heavy atom. The van der Waals surface area contributed by atoms with Crippen LogP contribution in [0.5, 0.6) is 40.2 Å². The van der Waals surface area contributed by atoms with Gasteiger partial charge < -0.3 is 44.5 Å². The van der Waals surface area contributed by atoms with Gasteiger partial charge in [0.25, 0.3) is 0 Å². The van der Waals surface area contributed by atoms with Gasteiger partial charge in [-0.1, -0.05) is 12.1 Å². The summed E-state index contributed by atoms with van der Waals surface area (Å²) in [5, 5.41) is 50.2. The fourth-order valence-electron chi connectivity index (χ4n) is 4.28. The summed E-state index contributed by atoms with van der Waals surface area (Å²) in [6, 6.07) is 11.6. The summed E-state index contributed by atoms with van der Waals surface area (Å²) in [7, 11) is 1.42. The first-order valence-corrected chi connectivity index (χ1v) is 10.7. The number of fused-ring (bicyclic) bond motifs is 2. The number of phenols is 3. The maximum atomic E-state index is 12.7. The fraction of sp³-hybridized carbons (Fsp3) is 0.240. The number of aliphatic hydroxyl groups is 2. The molecule has 0 amide bonds. The molecule has 0 aliphatic carbocycles. The molecule has 3 aromatic rings. The number of benzene rings is 3. The third-order valence-corrected chi connectivity index (χ3v) is 6.00. The van der Waals surface area contributed by atoms with E-state index in [2.05, 4.69) is 0 Å². The van der Waals surface area contributed by atoms with E-state index in [9.17, 15) is 30.3 Å². The third-order valence-electron chi connectivity index (χ3n) is 6.00. The predicted octanol–water partition coefficient (Wildman–Crippen LogP) is 2.36. The van der Waals surface area contributed by atoms with Crippen LogP contribution >= 0.6 is 0 Å². The van der Waals surface area contributed by atoms with Crippen LogP contribution in [-0.2, 0) is 0 Å². The van der Waals surface area contributed by atoms with E-state index >= 15 is 0 Å². The molecule has 5 rings (SSSR count). The van der Waals surface area contributed by atoms with Crippen molar-refractivity contribution in [3.63, 3.8) is 0 Å². The van der Waals surface area contributed by atoms with E-state index in [1.54, 1.807) is 24.3 Å². The number of carbonyl (C=O) groups is 1. The third kappa shape index (κ3) is 3.82. The van der Waals surface area contributed by atoms with Crippen LogP contribution in [-0.4, -0.2) is 57.2 Å². The van der Waals surface area contributed by atoms with E-state index in [-0.39, 0.29) is 40.9 Å². The van der Waals surface area contributed by atoms with Crippen molar-refractivity contribution in [1.82, 2.24) is 0 Å². The minimum Gasteiger partial charge on any atom is -0.508 e. The van der Waals surface area contributed by atoms with E-state index < -0.39 is 35.9 Å². The smallest absolute Gasteiger partial charge is 0.202 e. The molecule has 2 aliphatic heterocycles. The molecular formula is C25H22O10. The number of phenolic OH excluding ortho intramolecular Hbond substituents is 3. The molecule has 2 aliphatic rings. The number of ether oxygens (including phenoxy) is 4. The lowest BCUT2D eigenvalue weighted by molar-refractivity contribution is -0.0130. The van der Waals surface area contributed by atoms with Gasteiger partial charge >= 0.3 is 0 Å². The molecule has 0 unspecified atom stereocenters. The summed E-state index contributed by atoms with van der Waals surface area (Å²) in [6.07, 6.45) is -4.27. The maximum Gasteiger partial charge on any atom is 0.202 e. The molecule has 2 heterocycles. The molecule has 0 fully saturated rings. The Labute approximate surface area is 199 Å². The van der Waals surface area contributed by atoms with Gasteiger partial charge in [-0.15, -0.1) is 0 Å². The fourth-order valence-corrected chi connectivity index (χ4v) is 4.28. The van der Waals surface area contributed by atoms with E-state index in [0.29, 0.717) is 16.9 Å². The van der Waals surface area contributed by atoms with Gasteiger partial charge in [-0.2, -0.15) is 0 Å². The van der Waals surface area contributed by atoms with Gasteiger partial charge in [0.05, 0.1) is 13.7 Å². The molecule has 0 bridgehead atoms. The Bertz CT molecular complexity index is 1300. The number of aliphatic hydroxyl groups excluding tert-OH is 2. The largest absolute Gasteiger partial charge is 0.508 e. The molecule has 0 radical (unpaired) electrons. The standard InChI is InChI=1S/C25H22O10/c1-32-17-6-11(2-4-14(17)28)24-20(10-26)33-18-7-12(3-5-16(18)34-24)25-23(31)22(30)21-15(29)8-13(27)9-19(21)35-25/h2-9,20,23-29,31H,10H2,1H3/t20-,23+,24+,25-/m1/s1. The van der Waals surface area contributed by atoms with Crippen LogP contribution in [0.15, 0.2) is 48.5 Å². The number of ketones is 1. The summed E-state index contributed by atoms with van der Waals surface area (Å²) in [4.78, 5) is 12.7. The van der Waals surface area contributed by atoms with Gasteiger partial charge in [0, 0.05) is 17.7 Å². The molecule has 0 aromatic heterocycles. The number of Topliss-reactive ketones (excluding diaryl/α,β-unsaturated/α-hetero) is 1. The number of rotatable bonds is 4. The molecule has 10 heteroatoms. The highest BCUT2D eigenvalue weighted by molar-refractivity contribution is 6.05. The van der Waals surface area contributed by atoms with E-state index in [1.165, 1.54) is 25.3 Å². The van der Waals surface area contributed by atoms with Gasteiger partial charge in [0.2, 0.25) is 5.78 Å². The van der Waals surface area contributed by atoms with Gasteiger partial charge in [-0.05, 0) is 29.8 Å². The van der Waals surface area contributed by atoms with Crippen LogP contribution in [0, 0.1) is 0 Å². The Balaban J connectivity index is 1.46. The number of hydrogen-bond acceptors (Lipinski definition) is 10. The molecule has 4 atom stereocenters. The van der Waals surface area contributed by atoms with Crippen molar-refractivity contribution in [1.29, 1.82) is 0 Å². The van der Waals surface area contributed by atoms with Crippen LogP contribution in [0.3, 0.4) is 0 Å².